The maximum Gasteiger partial charge on any atom is 0.186 e. The Morgan fingerprint density at radius 1 is 1.17 bits per heavy atom. The second-order valence-electron chi connectivity index (χ2n) is 6.46. The molecule has 2 aromatic heterocycles. The van der Waals surface area contributed by atoms with Crippen LogP contribution in [0.15, 0.2) is 42.2 Å². The van der Waals surface area contributed by atoms with E-state index < -0.39 is 0 Å². The highest BCUT2D eigenvalue weighted by Gasteiger charge is 2.20. The summed E-state index contributed by atoms with van der Waals surface area (Å²) in [7, 11) is 0. The van der Waals surface area contributed by atoms with Crippen LogP contribution in [-0.2, 0) is 13.0 Å². The molecule has 0 fully saturated rings. The SMILES string of the molecule is CC(C)c1ccc(-c2csc(N3CCc4ncncc4C3)n2)cc1. The molecule has 0 aliphatic carbocycles. The number of nitrogens with zero attached hydrogens (tertiary/aromatic N) is 4. The molecule has 0 unspecified atom stereocenters. The topological polar surface area (TPSA) is 41.9 Å². The molecule has 0 saturated heterocycles. The van der Waals surface area contributed by atoms with Crippen LogP contribution in [0.25, 0.3) is 11.3 Å². The molecule has 0 saturated carbocycles. The van der Waals surface area contributed by atoms with Gasteiger partial charge in [0.25, 0.3) is 0 Å². The molecular weight excluding hydrogens is 316 g/mol. The van der Waals surface area contributed by atoms with Crippen molar-refractivity contribution in [3.8, 4) is 11.3 Å². The minimum Gasteiger partial charge on any atom is -0.343 e. The van der Waals surface area contributed by atoms with E-state index in [0.29, 0.717) is 5.92 Å². The molecule has 4 nitrogen and oxygen atoms in total. The standard InChI is InChI=1S/C19H20N4S/c1-13(2)14-3-5-15(6-4-14)18-11-24-19(22-18)23-8-7-17-16(10-23)9-20-12-21-17/h3-6,9,11-13H,7-8,10H2,1-2H3. The van der Waals surface area contributed by atoms with Gasteiger partial charge in [0.2, 0.25) is 0 Å². The molecule has 0 radical (unpaired) electrons. The van der Waals surface area contributed by atoms with E-state index in [1.807, 2.05) is 6.20 Å². The van der Waals surface area contributed by atoms with Crippen LogP contribution >= 0.6 is 11.3 Å². The summed E-state index contributed by atoms with van der Waals surface area (Å²) in [4.78, 5) is 15.7. The van der Waals surface area contributed by atoms with Gasteiger partial charge in [-0.2, -0.15) is 0 Å². The highest BCUT2D eigenvalue weighted by atomic mass is 32.1. The zero-order valence-electron chi connectivity index (χ0n) is 13.9. The quantitative estimate of drug-likeness (QED) is 0.716. The first-order valence-corrected chi connectivity index (χ1v) is 9.17. The number of fused-ring (bicyclic) bond motifs is 1. The lowest BCUT2D eigenvalue weighted by atomic mass is 10.0. The second kappa shape index (κ2) is 6.32. The normalized spacial score (nSPS) is 14.0. The Balaban J connectivity index is 1.55. The van der Waals surface area contributed by atoms with Gasteiger partial charge in [-0.3, -0.25) is 0 Å². The molecule has 1 aliphatic heterocycles. The third-order valence-electron chi connectivity index (χ3n) is 4.50. The molecule has 0 bridgehead atoms. The second-order valence-corrected chi connectivity index (χ2v) is 7.29. The van der Waals surface area contributed by atoms with Crippen LogP contribution in [0.4, 0.5) is 5.13 Å². The van der Waals surface area contributed by atoms with E-state index in [4.69, 9.17) is 4.98 Å². The molecule has 5 heteroatoms. The molecule has 0 atom stereocenters. The molecule has 4 rings (SSSR count). The summed E-state index contributed by atoms with van der Waals surface area (Å²) in [5, 5.41) is 3.23. The van der Waals surface area contributed by atoms with Crippen molar-refractivity contribution in [3.63, 3.8) is 0 Å². The van der Waals surface area contributed by atoms with E-state index in [1.165, 1.54) is 22.4 Å². The van der Waals surface area contributed by atoms with Crippen molar-refractivity contribution in [1.82, 2.24) is 15.0 Å². The van der Waals surface area contributed by atoms with E-state index in [2.05, 4.69) is 58.4 Å². The third kappa shape index (κ3) is 2.91. The maximum absolute atomic E-state index is 4.86. The minimum atomic E-state index is 0.556. The Hall–Kier alpha value is -2.27. The van der Waals surface area contributed by atoms with Gasteiger partial charge in [0.05, 0.1) is 11.4 Å². The van der Waals surface area contributed by atoms with Gasteiger partial charge in [0.1, 0.15) is 6.33 Å². The van der Waals surface area contributed by atoms with Gasteiger partial charge in [-0.05, 0) is 11.5 Å². The zero-order valence-corrected chi connectivity index (χ0v) is 14.8. The molecule has 3 aromatic rings. The fourth-order valence-corrected chi connectivity index (χ4v) is 3.87. The van der Waals surface area contributed by atoms with Gasteiger partial charge < -0.3 is 4.90 Å². The van der Waals surface area contributed by atoms with E-state index in [9.17, 15) is 0 Å². The first-order chi connectivity index (χ1) is 11.7. The van der Waals surface area contributed by atoms with Crippen molar-refractivity contribution < 1.29 is 0 Å². The van der Waals surface area contributed by atoms with Crippen LogP contribution in [-0.4, -0.2) is 21.5 Å². The first kappa shape index (κ1) is 15.3. The van der Waals surface area contributed by atoms with Gasteiger partial charge in [-0.15, -0.1) is 11.3 Å². The largest absolute Gasteiger partial charge is 0.343 e. The monoisotopic (exact) mass is 336 g/mol. The fraction of sp³-hybridized carbons (Fsp3) is 0.316. The van der Waals surface area contributed by atoms with Crippen molar-refractivity contribution in [3.05, 3.63) is 59.0 Å². The van der Waals surface area contributed by atoms with Crippen LogP contribution in [0.3, 0.4) is 0 Å². The lowest BCUT2D eigenvalue weighted by molar-refractivity contribution is 0.703. The number of thiazole rings is 1. The molecule has 0 amide bonds. The fourth-order valence-electron chi connectivity index (χ4n) is 3.01. The molecule has 3 heterocycles. The smallest absolute Gasteiger partial charge is 0.186 e. The number of benzene rings is 1. The number of anilines is 1. The Labute approximate surface area is 146 Å². The van der Waals surface area contributed by atoms with Crippen molar-refractivity contribution in [2.75, 3.05) is 11.4 Å². The van der Waals surface area contributed by atoms with E-state index in [1.54, 1.807) is 17.7 Å². The Morgan fingerprint density at radius 3 is 2.79 bits per heavy atom. The number of rotatable bonds is 3. The lowest BCUT2D eigenvalue weighted by Gasteiger charge is -2.27. The summed E-state index contributed by atoms with van der Waals surface area (Å²) < 4.78 is 0. The van der Waals surface area contributed by atoms with Crippen LogP contribution in [0, 0.1) is 0 Å². The highest BCUT2D eigenvalue weighted by Crippen LogP contribution is 2.31. The Bertz CT molecular complexity index is 839. The summed E-state index contributed by atoms with van der Waals surface area (Å²) in [6.45, 7) is 6.24. The van der Waals surface area contributed by atoms with E-state index in [0.717, 1.165) is 30.3 Å². The molecule has 122 valence electrons. The number of hydrogen-bond acceptors (Lipinski definition) is 5. The third-order valence-corrected chi connectivity index (χ3v) is 5.40. The minimum absolute atomic E-state index is 0.556. The summed E-state index contributed by atoms with van der Waals surface area (Å²) in [5.74, 6) is 0.556. The first-order valence-electron chi connectivity index (χ1n) is 8.29. The van der Waals surface area contributed by atoms with E-state index in [-0.39, 0.29) is 0 Å². The van der Waals surface area contributed by atoms with Gasteiger partial charge in [0.15, 0.2) is 5.13 Å². The Kier molecular flexibility index (Phi) is 4.02. The van der Waals surface area contributed by atoms with Crippen LogP contribution in [0.2, 0.25) is 0 Å². The molecular formula is C19H20N4S. The van der Waals surface area contributed by atoms with E-state index >= 15 is 0 Å². The lowest BCUT2D eigenvalue weighted by Crippen LogP contribution is -2.30. The van der Waals surface area contributed by atoms with Crippen LogP contribution in [0.5, 0.6) is 0 Å². The summed E-state index contributed by atoms with van der Waals surface area (Å²) in [6, 6.07) is 8.75. The average molecular weight is 336 g/mol. The Morgan fingerprint density at radius 2 is 2.00 bits per heavy atom. The molecule has 1 aromatic carbocycles. The van der Waals surface area contributed by atoms with Crippen molar-refractivity contribution >= 4 is 16.5 Å². The van der Waals surface area contributed by atoms with Crippen molar-refractivity contribution in [2.45, 2.75) is 32.7 Å². The van der Waals surface area contributed by atoms with Crippen molar-refractivity contribution in [1.29, 1.82) is 0 Å². The molecule has 24 heavy (non-hydrogen) atoms. The van der Waals surface area contributed by atoms with Gasteiger partial charge in [-0.25, -0.2) is 15.0 Å². The van der Waals surface area contributed by atoms with Gasteiger partial charge >= 0.3 is 0 Å². The molecule has 1 aliphatic rings. The predicted octanol–water partition coefficient (Wildman–Crippen LogP) is 4.29. The molecule has 0 spiro atoms. The highest BCUT2D eigenvalue weighted by molar-refractivity contribution is 7.14. The average Bonchev–Trinajstić information content (AvgIpc) is 3.11. The van der Waals surface area contributed by atoms with Crippen LogP contribution in [0.1, 0.15) is 36.6 Å². The maximum atomic E-state index is 4.86. The van der Waals surface area contributed by atoms with Crippen molar-refractivity contribution in [2.24, 2.45) is 0 Å². The molecule has 0 N–H and O–H groups in total. The summed E-state index contributed by atoms with van der Waals surface area (Å²) >= 11 is 1.71. The van der Waals surface area contributed by atoms with Gasteiger partial charge in [-0.1, -0.05) is 38.1 Å². The van der Waals surface area contributed by atoms with Crippen LogP contribution < -0.4 is 4.90 Å². The number of aromatic nitrogens is 3. The zero-order chi connectivity index (χ0) is 16.5. The predicted molar refractivity (Wildman–Crippen MR) is 98.4 cm³/mol. The summed E-state index contributed by atoms with van der Waals surface area (Å²) in [5.41, 5.74) is 5.98. The van der Waals surface area contributed by atoms with Gasteiger partial charge in [0, 0.05) is 42.2 Å². The summed E-state index contributed by atoms with van der Waals surface area (Å²) in [6.07, 6.45) is 4.51. The number of hydrogen-bond donors (Lipinski definition) is 0.